The standard InChI is InChI=1S/C20H16NO.2C19H14NO.3C14H14N.3Ir/c1-13(2)14-10-11-21-18(12-14)17-8-5-7-16-15-6-3-4-9-19(15)22-20(16)17;2*1-12-10-17(20-11-13(12)2)16-8-5-7-15-14-6-3-4-9-18(14)21-19(15)16;2*1-11(2)13-8-9-15-14(10-13)12-6-4-3-5-7-12;1-11(2)13-8-9-14(15-10-13)12-6-4-3-5-7-12;;;/h3-7,9-13H,1-2H3;2*3-7,9-11H,1-2H3;3*3-6,8-11H,1-2H3;;;/q6*-1;;;. The van der Waals surface area contributed by atoms with Crippen molar-refractivity contribution in [1.29, 1.82) is 0 Å². The van der Waals surface area contributed by atoms with E-state index in [1.807, 2.05) is 195 Å². The van der Waals surface area contributed by atoms with Crippen LogP contribution in [-0.2, 0) is 60.3 Å². The summed E-state index contributed by atoms with van der Waals surface area (Å²) < 4.78 is 18.1. The minimum atomic E-state index is 0. The Hall–Kier alpha value is -10.8. The van der Waals surface area contributed by atoms with Crippen molar-refractivity contribution in [3.05, 3.63) is 361 Å². The van der Waals surface area contributed by atoms with Gasteiger partial charge in [-0.3, -0.25) is 0 Å². The summed E-state index contributed by atoms with van der Waals surface area (Å²) in [5, 5.41) is 6.73. The number of para-hydroxylation sites is 3. The Labute approximate surface area is 698 Å². The van der Waals surface area contributed by atoms with Crippen molar-refractivity contribution >= 4 is 65.8 Å². The fourth-order valence-corrected chi connectivity index (χ4v) is 12.6. The first-order chi connectivity index (χ1) is 53.0. The van der Waals surface area contributed by atoms with Gasteiger partial charge in [0.25, 0.3) is 0 Å². The number of hydrogen-bond acceptors (Lipinski definition) is 9. The van der Waals surface area contributed by atoms with Crippen molar-refractivity contribution in [1.82, 2.24) is 29.9 Å². The molecule has 9 aromatic carbocycles. The third-order valence-electron chi connectivity index (χ3n) is 19.3. The van der Waals surface area contributed by atoms with Crippen molar-refractivity contribution in [3.8, 4) is 67.5 Å². The molecule has 567 valence electrons. The van der Waals surface area contributed by atoms with Crippen LogP contribution >= 0.6 is 0 Å². The molecule has 0 aliphatic rings. The molecule has 18 aromatic rings. The quantitative estimate of drug-likeness (QED) is 0.123. The molecule has 0 N–H and O–H groups in total. The zero-order valence-electron chi connectivity index (χ0n) is 64.8. The van der Waals surface area contributed by atoms with Crippen LogP contribution in [0, 0.1) is 64.1 Å². The number of benzene rings is 9. The maximum atomic E-state index is 6.07. The van der Waals surface area contributed by atoms with E-state index in [-0.39, 0.29) is 60.3 Å². The van der Waals surface area contributed by atoms with Gasteiger partial charge < -0.3 is 43.2 Å². The Bertz CT molecular complexity index is 5830. The van der Waals surface area contributed by atoms with E-state index in [0.717, 1.165) is 133 Å². The van der Waals surface area contributed by atoms with Gasteiger partial charge in [-0.1, -0.05) is 213 Å². The Kier molecular flexibility index (Phi) is 29.5. The van der Waals surface area contributed by atoms with Gasteiger partial charge in [0.2, 0.25) is 0 Å². The third-order valence-corrected chi connectivity index (χ3v) is 19.3. The maximum absolute atomic E-state index is 6.07. The number of hydrogen-bond donors (Lipinski definition) is 0. The van der Waals surface area contributed by atoms with Gasteiger partial charge in [0.05, 0.1) is 16.7 Å². The molecule has 9 nitrogen and oxygen atoms in total. The molecule has 12 heteroatoms. The molecule has 0 saturated carbocycles. The van der Waals surface area contributed by atoms with E-state index in [2.05, 4.69) is 234 Å². The molecule has 9 heterocycles. The van der Waals surface area contributed by atoms with Crippen LogP contribution in [0.3, 0.4) is 0 Å². The van der Waals surface area contributed by atoms with Crippen molar-refractivity contribution in [2.24, 2.45) is 0 Å². The molecule has 0 aliphatic heterocycles. The molecular weight excluding hydrogens is 1910 g/mol. The van der Waals surface area contributed by atoms with Crippen molar-refractivity contribution in [2.75, 3.05) is 0 Å². The van der Waals surface area contributed by atoms with Crippen LogP contribution in [0.15, 0.2) is 293 Å². The number of aromatic nitrogens is 6. The Morgan fingerprint density at radius 1 is 0.250 bits per heavy atom. The second kappa shape index (κ2) is 39.4. The molecule has 0 bridgehead atoms. The topological polar surface area (TPSA) is 117 Å². The van der Waals surface area contributed by atoms with Crippen LogP contribution < -0.4 is 0 Å². The summed E-state index contributed by atoms with van der Waals surface area (Å²) >= 11 is 0. The summed E-state index contributed by atoms with van der Waals surface area (Å²) in [6.07, 6.45) is 11.3. The molecule has 0 aliphatic carbocycles. The van der Waals surface area contributed by atoms with Gasteiger partial charge in [0, 0.05) is 114 Å². The predicted molar refractivity (Wildman–Crippen MR) is 448 cm³/mol. The molecule has 0 atom stereocenters. The zero-order valence-corrected chi connectivity index (χ0v) is 72.0. The van der Waals surface area contributed by atoms with Crippen LogP contribution in [0.2, 0.25) is 0 Å². The number of aryl methyl sites for hydroxylation is 4. The molecule has 0 fully saturated rings. The van der Waals surface area contributed by atoms with E-state index >= 15 is 0 Å². The summed E-state index contributed by atoms with van der Waals surface area (Å²) in [5.41, 5.74) is 26.9. The molecule has 0 saturated heterocycles. The first-order valence-corrected chi connectivity index (χ1v) is 37.1. The van der Waals surface area contributed by atoms with E-state index in [1.54, 1.807) is 0 Å². The molecule has 9 aromatic heterocycles. The Morgan fingerprint density at radius 3 is 0.884 bits per heavy atom. The molecule has 0 spiro atoms. The summed E-state index contributed by atoms with van der Waals surface area (Å²) in [4.78, 5) is 26.8. The smallest absolute Gasteiger partial charge is 0.120 e. The maximum Gasteiger partial charge on any atom is 0.120 e. The van der Waals surface area contributed by atoms with Gasteiger partial charge in [-0.15, -0.1) is 162 Å². The van der Waals surface area contributed by atoms with Crippen LogP contribution in [0.1, 0.15) is 124 Å². The SMILES string of the molecule is CC(C)c1ccc(-c2[c-]cccc2)nc1.CC(C)c1ccnc(-c2[c-]ccc3c2oc2ccccc23)c1.CC(C)c1ccnc(-c2[c-]cccc2)c1.CC(C)c1ccnc(-c2[c-]cccc2)c1.Cc1cnc(-c2[c-]ccc3c2oc2ccccc23)cc1C.Cc1cnc(-c2[c-]ccc3c2oc2ccccc23)cc1C.[Ir].[Ir].[Ir]. The Morgan fingerprint density at radius 2 is 0.562 bits per heavy atom. The van der Waals surface area contributed by atoms with Gasteiger partial charge in [0.1, 0.15) is 16.7 Å². The fourth-order valence-electron chi connectivity index (χ4n) is 12.6. The van der Waals surface area contributed by atoms with Crippen LogP contribution in [0.25, 0.3) is 133 Å². The number of furan rings is 3. The molecule has 18 rings (SSSR count). The molecule has 0 amide bonds. The largest absolute Gasteiger partial charge is 0.501 e. The Balaban J connectivity index is 0.000000143. The first-order valence-electron chi connectivity index (χ1n) is 37.1. The summed E-state index contributed by atoms with van der Waals surface area (Å²) in [7, 11) is 0. The molecule has 3 radical (unpaired) electrons. The normalized spacial score (nSPS) is 10.8. The summed E-state index contributed by atoms with van der Waals surface area (Å²) in [6, 6.07) is 100. The average Bonchev–Trinajstić information content (AvgIpc) is 1.62. The minimum Gasteiger partial charge on any atom is -0.501 e. The number of pyridine rings is 6. The minimum absolute atomic E-state index is 0. The second-order valence-electron chi connectivity index (χ2n) is 28.2. The monoisotopic (exact) mass is 2000 g/mol. The average molecular weight is 2000 g/mol. The van der Waals surface area contributed by atoms with Crippen LogP contribution in [0.5, 0.6) is 0 Å². The van der Waals surface area contributed by atoms with Crippen molar-refractivity contribution in [3.63, 3.8) is 0 Å². The van der Waals surface area contributed by atoms with Gasteiger partial charge in [-0.25, -0.2) is 0 Å². The number of fused-ring (bicyclic) bond motifs is 9. The van der Waals surface area contributed by atoms with Crippen molar-refractivity contribution in [2.45, 2.75) is 107 Å². The van der Waals surface area contributed by atoms with Crippen molar-refractivity contribution < 1.29 is 73.6 Å². The number of rotatable bonds is 10. The summed E-state index contributed by atoms with van der Waals surface area (Å²) in [5.74, 6) is 2.08. The predicted octanol–water partition coefficient (Wildman–Crippen LogP) is 26.7. The molecule has 0 unspecified atom stereocenters. The van der Waals surface area contributed by atoms with E-state index in [1.165, 1.54) is 44.5 Å². The first kappa shape index (κ1) is 83.7. The van der Waals surface area contributed by atoms with E-state index in [9.17, 15) is 0 Å². The number of nitrogens with zero attached hydrogens (tertiary/aromatic N) is 6. The zero-order chi connectivity index (χ0) is 75.9. The van der Waals surface area contributed by atoms with Gasteiger partial charge >= 0.3 is 0 Å². The second-order valence-corrected chi connectivity index (χ2v) is 28.2. The van der Waals surface area contributed by atoms with Gasteiger partial charge in [-0.05, 0) is 139 Å². The van der Waals surface area contributed by atoms with E-state index in [0.29, 0.717) is 23.7 Å². The fraction of sp³-hybridized carbons (Fsp3) is 0.160. The van der Waals surface area contributed by atoms with Gasteiger partial charge in [0.15, 0.2) is 0 Å². The molecule has 112 heavy (non-hydrogen) atoms. The molecular formula is C100H86Ir3N6O3-6. The van der Waals surface area contributed by atoms with Crippen LogP contribution in [-0.4, -0.2) is 29.9 Å². The van der Waals surface area contributed by atoms with Crippen LogP contribution in [0.4, 0.5) is 0 Å². The van der Waals surface area contributed by atoms with E-state index in [4.69, 9.17) is 13.3 Å². The van der Waals surface area contributed by atoms with E-state index < -0.39 is 0 Å². The summed E-state index contributed by atoms with van der Waals surface area (Å²) in [6.45, 7) is 25.8. The third kappa shape index (κ3) is 20.1. The van der Waals surface area contributed by atoms with Gasteiger partial charge in [-0.2, -0.15) is 0 Å².